The van der Waals surface area contributed by atoms with Gasteiger partial charge in [0.15, 0.2) is 0 Å². The molecule has 2 atom stereocenters. The Bertz CT molecular complexity index is 476. The number of aliphatic carboxylic acids is 1. The highest BCUT2D eigenvalue weighted by Gasteiger charge is 2.27. The van der Waals surface area contributed by atoms with Crippen molar-refractivity contribution in [2.45, 2.75) is 31.7 Å². The van der Waals surface area contributed by atoms with Gasteiger partial charge in [-0.25, -0.2) is 9.97 Å². The number of anilines is 1. The Hall–Kier alpha value is -2.25. The van der Waals surface area contributed by atoms with E-state index in [1.807, 2.05) is 0 Å². The second-order valence-corrected chi connectivity index (χ2v) is 4.57. The number of nitro groups is 1. The first-order chi connectivity index (χ1) is 9.06. The minimum absolute atomic E-state index is 0.00342. The number of carbonyl (C=O) groups is 1. The van der Waals surface area contributed by atoms with E-state index in [4.69, 9.17) is 5.11 Å². The molecule has 1 aliphatic carbocycles. The number of nitrogens with one attached hydrogen (secondary N) is 1. The van der Waals surface area contributed by atoms with Crippen molar-refractivity contribution in [1.82, 2.24) is 9.97 Å². The van der Waals surface area contributed by atoms with Crippen molar-refractivity contribution >= 4 is 17.6 Å². The van der Waals surface area contributed by atoms with Crippen molar-refractivity contribution in [2.75, 3.05) is 5.32 Å². The van der Waals surface area contributed by atoms with Gasteiger partial charge in [0.25, 0.3) is 0 Å². The molecule has 1 heterocycles. The molecule has 8 heteroatoms. The van der Waals surface area contributed by atoms with Gasteiger partial charge in [-0.15, -0.1) is 0 Å². The minimum atomic E-state index is -0.781. The maximum atomic E-state index is 10.9. The number of rotatable bonds is 4. The lowest BCUT2D eigenvalue weighted by Gasteiger charge is -2.27. The van der Waals surface area contributed by atoms with E-state index in [1.165, 1.54) is 0 Å². The third-order valence-corrected chi connectivity index (χ3v) is 3.21. The van der Waals surface area contributed by atoms with Gasteiger partial charge in [-0.05, 0) is 19.3 Å². The molecule has 8 nitrogen and oxygen atoms in total. The monoisotopic (exact) mass is 266 g/mol. The van der Waals surface area contributed by atoms with Crippen LogP contribution in [0.1, 0.15) is 25.7 Å². The normalized spacial score (nSPS) is 22.7. The Morgan fingerprint density at radius 2 is 2.11 bits per heavy atom. The van der Waals surface area contributed by atoms with Crippen LogP contribution in [0.2, 0.25) is 0 Å². The van der Waals surface area contributed by atoms with Gasteiger partial charge in [-0.2, -0.15) is 0 Å². The van der Waals surface area contributed by atoms with Crippen LogP contribution in [0.3, 0.4) is 0 Å². The average molecular weight is 266 g/mol. The van der Waals surface area contributed by atoms with Crippen LogP contribution in [0.5, 0.6) is 0 Å². The fraction of sp³-hybridized carbons (Fsp3) is 0.545. The first kappa shape index (κ1) is 13.2. The Morgan fingerprint density at radius 3 is 2.68 bits per heavy atom. The molecule has 0 spiro atoms. The number of hydrogen-bond donors (Lipinski definition) is 2. The molecule has 0 radical (unpaired) electrons. The van der Waals surface area contributed by atoms with E-state index in [0.717, 1.165) is 25.2 Å². The topological polar surface area (TPSA) is 118 Å². The Morgan fingerprint density at radius 1 is 1.42 bits per heavy atom. The summed E-state index contributed by atoms with van der Waals surface area (Å²) < 4.78 is 0. The summed E-state index contributed by atoms with van der Waals surface area (Å²) in [5.41, 5.74) is -0.169. The maximum absolute atomic E-state index is 10.9. The fourth-order valence-corrected chi connectivity index (χ4v) is 2.22. The predicted octanol–water partition coefficient (Wildman–Crippen LogP) is 1.44. The van der Waals surface area contributed by atoms with Crippen molar-refractivity contribution in [2.24, 2.45) is 5.92 Å². The van der Waals surface area contributed by atoms with Crippen molar-refractivity contribution in [3.63, 3.8) is 0 Å². The molecule has 2 unspecified atom stereocenters. The van der Waals surface area contributed by atoms with E-state index in [2.05, 4.69) is 15.3 Å². The first-order valence-electron chi connectivity index (χ1n) is 6.02. The number of aromatic nitrogens is 2. The van der Waals surface area contributed by atoms with Crippen LogP contribution >= 0.6 is 0 Å². The van der Waals surface area contributed by atoms with Gasteiger partial charge in [-0.1, -0.05) is 6.42 Å². The first-order valence-corrected chi connectivity index (χ1v) is 6.02. The van der Waals surface area contributed by atoms with E-state index in [9.17, 15) is 14.9 Å². The van der Waals surface area contributed by atoms with E-state index >= 15 is 0 Å². The predicted molar refractivity (Wildman–Crippen MR) is 65.7 cm³/mol. The zero-order valence-corrected chi connectivity index (χ0v) is 10.2. The lowest BCUT2D eigenvalue weighted by atomic mass is 9.86. The quantitative estimate of drug-likeness (QED) is 0.625. The number of carboxylic acid groups (broad SMARTS) is 1. The molecule has 1 aromatic rings. The molecule has 19 heavy (non-hydrogen) atoms. The van der Waals surface area contributed by atoms with Crippen molar-refractivity contribution in [1.29, 1.82) is 0 Å². The Labute approximate surface area is 109 Å². The summed E-state index contributed by atoms with van der Waals surface area (Å²) in [6, 6.07) is -0.00342. The Balaban J connectivity index is 1.96. The molecule has 1 aliphatic rings. The number of hydrogen-bond acceptors (Lipinski definition) is 6. The third-order valence-electron chi connectivity index (χ3n) is 3.21. The van der Waals surface area contributed by atoms with Gasteiger partial charge < -0.3 is 10.4 Å². The molecule has 1 aromatic heterocycles. The van der Waals surface area contributed by atoms with Gasteiger partial charge in [0.2, 0.25) is 5.95 Å². The van der Waals surface area contributed by atoms with Gasteiger partial charge in [0.1, 0.15) is 12.4 Å². The average Bonchev–Trinajstić information content (AvgIpc) is 2.39. The van der Waals surface area contributed by atoms with E-state index in [1.54, 1.807) is 0 Å². The second kappa shape index (κ2) is 5.59. The summed E-state index contributed by atoms with van der Waals surface area (Å²) in [5.74, 6) is -0.831. The molecule has 1 saturated carbocycles. The molecule has 102 valence electrons. The zero-order valence-electron chi connectivity index (χ0n) is 10.2. The largest absolute Gasteiger partial charge is 0.481 e. The van der Waals surface area contributed by atoms with Crippen LogP contribution < -0.4 is 5.32 Å². The minimum Gasteiger partial charge on any atom is -0.481 e. The van der Waals surface area contributed by atoms with Crippen LogP contribution in [0.15, 0.2) is 12.4 Å². The van der Waals surface area contributed by atoms with Crippen LogP contribution in [0, 0.1) is 16.0 Å². The zero-order chi connectivity index (χ0) is 13.8. The molecule has 0 aliphatic heterocycles. The molecule has 1 fully saturated rings. The standard InChI is InChI=1S/C11H14N4O4/c16-10(17)7-2-1-3-8(4-7)14-11-12-5-9(6-13-11)15(18)19/h5-8H,1-4H2,(H,16,17)(H,12,13,14). The van der Waals surface area contributed by atoms with Crippen molar-refractivity contribution in [3.05, 3.63) is 22.5 Å². The highest BCUT2D eigenvalue weighted by atomic mass is 16.6. The SMILES string of the molecule is O=C(O)C1CCCC(Nc2ncc([N+](=O)[O-])cn2)C1. The van der Waals surface area contributed by atoms with Crippen LogP contribution in [-0.4, -0.2) is 32.0 Å². The van der Waals surface area contributed by atoms with E-state index < -0.39 is 10.9 Å². The summed E-state index contributed by atoms with van der Waals surface area (Å²) in [6.45, 7) is 0. The van der Waals surface area contributed by atoms with Crippen LogP contribution in [-0.2, 0) is 4.79 Å². The van der Waals surface area contributed by atoms with Crippen molar-refractivity contribution < 1.29 is 14.8 Å². The lowest BCUT2D eigenvalue weighted by molar-refractivity contribution is -0.385. The van der Waals surface area contributed by atoms with Gasteiger partial charge in [0.05, 0.1) is 10.8 Å². The van der Waals surface area contributed by atoms with Crippen molar-refractivity contribution in [3.8, 4) is 0 Å². The summed E-state index contributed by atoms with van der Waals surface area (Å²) in [5, 5.41) is 22.5. The highest BCUT2D eigenvalue weighted by molar-refractivity contribution is 5.70. The third kappa shape index (κ3) is 3.36. The maximum Gasteiger partial charge on any atom is 0.306 e. The van der Waals surface area contributed by atoms with E-state index in [0.29, 0.717) is 18.8 Å². The molecule has 0 saturated heterocycles. The second-order valence-electron chi connectivity index (χ2n) is 4.57. The van der Waals surface area contributed by atoms with Crippen LogP contribution in [0.25, 0.3) is 0 Å². The van der Waals surface area contributed by atoms with Crippen LogP contribution in [0.4, 0.5) is 11.6 Å². The lowest BCUT2D eigenvalue weighted by Crippen LogP contribution is -2.31. The summed E-state index contributed by atoms with van der Waals surface area (Å²) in [6.07, 6.45) is 5.16. The molecule has 0 amide bonds. The summed E-state index contributed by atoms with van der Waals surface area (Å²) >= 11 is 0. The number of nitrogens with zero attached hydrogens (tertiary/aromatic N) is 3. The summed E-state index contributed by atoms with van der Waals surface area (Å²) in [7, 11) is 0. The van der Waals surface area contributed by atoms with Gasteiger partial charge in [-0.3, -0.25) is 14.9 Å². The Kier molecular flexibility index (Phi) is 3.88. The molecular formula is C11H14N4O4. The number of carboxylic acids is 1. The van der Waals surface area contributed by atoms with Gasteiger partial charge >= 0.3 is 11.7 Å². The summed E-state index contributed by atoms with van der Waals surface area (Å²) in [4.78, 5) is 28.5. The van der Waals surface area contributed by atoms with Gasteiger partial charge in [0, 0.05) is 6.04 Å². The molecular weight excluding hydrogens is 252 g/mol. The molecule has 0 aromatic carbocycles. The smallest absolute Gasteiger partial charge is 0.306 e. The molecule has 2 N–H and O–H groups in total. The van der Waals surface area contributed by atoms with E-state index in [-0.39, 0.29) is 17.6 Å². The molecule has 0 bridgehead atoms. The highest BCUT2D eigenvalue weighted by Crippen LogP contribution is 2.26. The fourth-order valence-electron chi connectivity index (χ4n) is 2.22. The molecule has 2 rings (SSSR count).